The van der Waals surface area contributed by atoms with E-state index >= 15 is 0 Å². The Bertz CT molecular complexity index is 271. The minimum atomic E-state index is 0.430. The van der Waals surface area contributed by atoms with Crippen LogP contribution in [0.1, 0.15) is 45.8 Å². The van der Waals surface area contributed by atoms with Gasteiger partial charge in [-0.1, -0.05) is 20.8 Å². The lowest BCUT2D eigenvalue weighted by molar-refractivity contribution is 0.326. The summed E-state index contributed by atoms with van der Waals surface area (Å²) in [6.07, 6.45) is 6.43. The molecule has 0 aliphatic heterocycles. The molecule has 1 aromatic heterocycles. The lowest BCUT2D eigenvalue weighted by atomic mass is 9.88. The van der Waals surface area contributed by atoms with Crippen LogP contribution in [0.5, 0.6) is 0 Å². The minimum Gasteiger partial charge on any atom is -0.469 e. The summed E-state index contributed by atoms with van der Waals surface area (Å²) in [6, 6.07) is 4.61. The molecule has 0 fully saturated rings. The average Bonchev–Trinajstić information content (AvgIpc) is 2.69. The van der Waals surface area contributed by atoms with E-state index in [1.165, 1.54) is 12.8 Å². The molecular weight excluding hydrogens is 198 g/mol. The van der Waals surface area contributed by atoms with Crippen LogP contribution in [0.15, 0.2) is 22.8 Å². The fourth-order valence-electron chi connectivity index (χ4n) is 1.81. The number of rotatable bonds is 6. The molecule has 0 spiro atoms. The van der Waals surface area contributed by atoms with Gasteiger partial charge < -0.3 is 9.73 Å². The lowest BCUT2D eigenvalue weighted by Gasteiger charge is -2.22. The normalized spacial score (nSPS) is 14.0. The van der Waals surface area contributed by atoms with E-state index in [2.05, 4.69) is 39.2 Å². The summed E-state index contributed by atoms with van der Waals surface area (Å²) in [5.74, 6) is 1.09. The van der Waals surface area contributed by atoms with Crippen molar-refractivity contribution in [1.29, 1.82) is 0 Å². The van der Waals surface area contributed by atoms with E-state index in [1.807, 2.05) is 6.07 Å². The molecule has 1 unspecified atom stereocenters. The zero-order valence-electron chi connectivity index (χ0n) is 11.0. The molecule has 0 saturated heterocycles. The van der Waals surface area contributed by atoms with Crippen LogP contribution in [0.25, 0.3) is 0 Å². The Morgan fingerprint density at radius 2 is 2.06 bits per heavy atom. The highest BCUT2D eigenvalue weighted by Gasteiger charge is 2.14. The minimum absolute atomic E-state index is 0.430. The smallest absolute Gasteiger partial charge is 0.103 e. The molecule has 1 rings (SSSR count). The molecule has 1 aromatic rings. The molecular formula is C14H25NO. The van der Waals surface area contributed by atoms with E-state index in [-0.39, 0.29) is 0 Å². The third kappa shape index (κ3) is 5.36. The first-order chi connectivity index (χ1) is 7.51. The van der Waals surface area contributed by atoms with E-state index in [1.54, 1.807) is 6.26 Å². The van der Waals surface area contributed by atoms with Crippen LogP contribution in [0.3, 0.4) is 0 Å². The Morgan fingerprint density at radius 3 is 2.56 bits per heavy atom. The van der Waals surface area contributed by atoms with E-state index in [9.17, 15) is 0 Å². The highest BCUT2D eigenvalue weighted by atomic mass is 16.3. The molecule has 1 heterocycles. The Labute approximate surface area is 99.4 Å². The van der Waals surface area contributed by atoms with Crippen molar-refractivity contribution < 1.29 is 4.42 Å². The average molecular weight is 223 g/mol. The second-order valence-electron chi connectivity index (χ2n) is 5.70. The monoisotopic (exact) mass is 223 g/mol. The quantitative estimate of drug-likeness (QED) is 0.796. The van der Waals surface area contributed by atoms with Crippen molar-refractivity contribution in [2.75, 3.05) is 7.05 Å². The molecule has 2 nitrogen and oxygen atoms in total. The van der Waals surface area contributed by atoms with Crippen LogP contribution < -0.4 is 5.32 Å². The number of hydrogen-bond donors (Lipinski definition) is 1. The van der Waals surface area contributed by atoms with Gasteiger partial charge in [0.1, 0.15) is 5.76 Å². The van der Waals surface area contributed by atoms with Crippen molar-refractivity contribution in [3.8, 4) is 0 Å². The summed E-state index contributed by atoms with van der Waals surface area (Å²) in [5, 5.41) is 3.40. The summed E-state index contributed by atoms with van der Waals surface area (Å²) in [4.78, 5) is 0. The van der Waals surface area contributed by atoms with Crippen LogP contribution in [-0.2, 0) is 6.42 Å². The van der Waals surface area contributed by atoms with Gasteiger partial charge in [0.05, 0.1) is 6.26 Å². The molecule has 0 aliphatic rings. The number of aryl methyl sites for hydroxylation is 1. The molecule has 16 heavy (non-hydrogen) atoms. The zero-order valence-corrected chi connectivity index (χ0v) is 11.0. The van der Waals surface area contributed by atoms with Gasteiger partial charge in [-0.15, -0.1) is 0 Å². The first-order valence-electron chi connectivity index (χ1n) is 6.21. The highest BCUT2D eigenvalue weighted by molar-refractivity contribution is 4.98. The Hall–Kier alpha value is -0.760. The van der Waals surface area contributed by atoms with Crippen molar-refractivity contribution in [3.05, 3.63) is 24.2 Å². The van der Waals surface area contributed by atoms with E-state index < -0.39 is 0 Å². The van der Waals surface area contributed by atoms with Crippen LogP contribution in [0.2, 0.25) is 0 Å². The largest absolute Gasteiger partial charge is 0.469 e. The predicted molar refractivity (Wildman–Crippen MR) is 68.6 cm³/mol. The fourth-order valence-corrected chi connectivity index (χ4v) is 1.81. The van der Waals surface area contributed by atoms with Crippen molar-refractivity contribution in [1.82, 2.24) is 5.32 Å². The summed E-state index contributed by atoms with van der Waals surface area (Å²) in [5.41, 5.74) is 0.430. The topological polar surface area (TPSA) is 25.2 Å². The summed E-state index contributed by atoms with van der Waals surface area (Å²) in [7, 11) is 2.05. The number of furan rings is 1. The maximum atomic E-state index is 5.35. The Kier molecular flexibility index (Phi) is 5.07. The maximum Gasteiger partial charge on any atom is 0.103 e. The van der Waals surface area contributed by atoms with Gasteiger partial charge in [0.15, 0.2) is 0 Å². The molecule has 92 valence electrons. The zero-order chi connectivity index (χ0) is 12.0. The third-order valence-corrected chi connectivity index (χ3v) is 2.97. The fraction of sp³-hybridized carbons (Fsp3) is 0.714. The lowest BCUT2D eigenvalue weighted by Crippen LogP contribution is -2.27. The summed E-state index contributed by atoms with van der Waals surface area (Å²) < 4.78 is 5.35. The maximum absolute atomic E-state index is 5.35. The molecule has 0 radical (unpaired) electrons. The second-order valence-corrected chi connectivity index (χ2v) is 5.70. The molecule has 0 aliphatic carbocycles. The summed E-state index contributed by atoms with van der Waals surface area (Å²) in [6.45, 7) is 6.89. The van der Waals surface area contributed by atoms with Gasteiger partial charge in [-0.3, -0.25) is 0 Å². The highest BCUT2D eigenvalue weighted by Crippen LogP contribution is 2.22. The molecule has 1 N–H and O–H groups in total. The van der Waals surface area contributed by atoms with Crippen LogP contribution in [0.4, 0.5) is 0 Å². The van der Waals surface area contributed by atoms with Gasteiger partial charge in [-0.2, -0.15) is 0 Å². The predicted octanol–water partition coefficient (Wildman–Crippen LogP) is 3.63. The van der Waals surface area contributed by atoms with Crippen molar-refractivity contribution in [3.63, 3.8) is 0 Å². The summed E-state index contributed by atoms with van der Waals surface area (Å²) >= 11 is 0. The Balaban J connectivity index is 2.27. The van der Waals surface area contributed by atoms with Crippen molar-refractivity contribution >= 4 is 0 Å². The van der Waals surface area contributed by atoms with Crippen LogP contribution >= 0.6 is 0 Å². The van der Waals surface area contributed by atoms with Crippen LogP contribution in [0, 0.1) is 5.41 Å². The van der Waals surface area contributed by atoms with Gasteiger partial charge in [0.25, 0.3) is 0 Å². The molecule has 0 saturated carbocycles. The standard InChI is InChI=1S/C14H25NO/c1-14(2,3)10-9-12(15-4)7-8-13-6-5-11-16-13/h5-6,11-12,15H,7-10H2,1-4H3. The molecule has 0 aromatic carbocycles. The Morgan fingerprint density at radius 1 is 1.31 bits per heavy atom. The van der Waals surface area contributed by atoms with Gasteiger partial charge in [-0.25, -0.2) is 0 Å². The van der Waals surface area contributed by atoms with Crippen LogP contribution in [-0.4, -0.2) is 13.1 Å². The molecule has 2 heteroatoms. The van der Waals surface area contributed by atoms with Gasteiger partial charge in [0, 0.05) is 12.5 Å². The van der Waals surface area contributed by atoms with E-state index in [0.29, 0.717) is 11.5 Å². The van der Waals surface area contributed by atoms with Gasteiger partial charge in [0.2, 0.25) is 0 Å². The SMILES string of the molecule is CNC(CCc1ccco1)CCC(C)(C)C. The van der Waals surface area contributed by atoms with Crippen molar-refractivity contribution in [2.45, 2.75) is 52.5 Å². The van der Waals surface area contributed by atoms with Crippen molar-refractivity contribution in [2.24, 2.45) is 5.41 Å². The third-order valence-electron chi connectivity index (χ3n) is 2.97. The van der Waals surface area contributed by atoms with E-state index in [4.69, 9.17) is 4.42 Å². The molecule has 1 atom stereocenters. The second kappa shape index (κ2) is 6.09. The van der Waals surface area contributed by atoms with Gasteiger partial charge >= 0.3 is 0 Å². The van der Waals surface area contributed by atoms with Gasteiger partial charge in [-0.05, 0) is 43.9 Å². The first kappa shape index (κ1) is 13.3. The number of hydrogen-bond acceptors (Lipinski definition) is 2. The van der Waals surface area contributed by atoms with E-state index in [0.717, 1.165) is 18.6 Å². The number of nitrogens with one attached hydrogen (secondary N) is 1. The molecule has 0 bridgehead atoms. The first-order valence-corrected chi connectivity index (χ1v) is 6.21. The molecule has 0 amide bonds.